The summed E-state index contributed by atoms with van der Waals surface area (Å²) in [5.41, 5.74) is 11.5. The molecule has 0 aliphatic heterocycles. The topological polar surface area (TPSA) is 64.3 Å². The van der Waals surface area contributed by atoms with Gasteiger partial charge in [-0.25, -0.2) is 4.85 Å². The summed E-state index contributed by atoms with van der Waals surface area (Å²) in [5.74, 6) is 0. The molecule has 0 unspecified atom stereocenters. The lowest BCUT2D eigenvalue weighted by molar-refractivity contribution is 0.669. The molecule has 258 valence electrons. The number of hydrogen-bond donors (Lipinski definition) is 0. The molecule has 0 bridgehead atoms. The minimum absolute atomic E-state index is 0.507. The van der Waals surface area contributed by atoms with Crippen LogP contribution in [0.3, 0.4) is 0 Å². The second-order valence-electron chi connectivity index (χ2n) is 14.2. The Bertz CT molecular complexity index is 3750. The highest BCUT2D eigenvalue weighted by atomic mass is 16.3. The number of nitriles is 1. The summed E-state index contributed by atoms with van der Waals surface area (Å²) < 4.78 is 17.4. The van der Waals surface area contributed by atoms with E-state index in [9.17, 15) is 5.26 Å². The summed E-state index contributed by atoms with van der Waals surface area (Å²) >= 11 is 0. The first-order chi connectivity index (χ1) is 27.7. The first-order valence-electron chi connectivity index (χ1n) is 18.4. The summed E-state index contributed by atoms with van der Waals surface area (Å²) in [5, 5.41) is 19.6. The molecule has 0 spiro atoms. The zero-order chi connectivity index (χ0) is 37.1. The zero-order valence-corrected chi connectivity index (χ0v) is 29.6. The summed E-state index contributed by atoms with van der Waals surface area (Å²) in [6.07, 6.45) is 0. The molecule has 4 heterocycles. The van der Waals surface area contributed by atoms with Crippen molar-refractivity contribution in [2.75, 3.05) is 0 Å². The Morgan fingerprint density at radius 1 is 0.482 bits per heavy atom. The summed E-state index contributed by atoms with van der Waals surface area (Å²) in [6.45, 7) is 7.94. The van der Waals surface area contributed by atoms with Gasteiger partial charge in [-0.1, -0.05) is 91.0 Å². The Morgan fingerprint density at radius 3 is 1.59 bits per heavy atom. The van der Waals surface area contributed by atoms with E-state index in [-0.39, 0.29) is 0 Å². The van der Waals surface area contributed by atoms with Crippen molar-refractivity contribution in [3.05, 3.63) is 175 Å². The monoisotopic (exact) mass is 714 g/mol. The van der Waals surface area contributed by atoms with E-state index >= 15 is 0 Å². The van der Waals surface area contributed by atoms with Crippen molar-refractivity contribution in [3.63, 3.8) is 0 Å². The Kier molecular flexibility index (Phi) is 6.10. The standard InChI is InChI=1S/C50H26N4O2/c1-52-31-12-10-11-29(25-31)38-27-41(53-39-17-6-2-13-32(39)34-21-23-45-47(49(34)53)36-15-4-8-19-43(36)55-45)30(28-51)26-42(38)54-40-18-7-3-14-33(40)35-22-24-46-48(50(35)54)37-16-5-9-20-44(37)56-46/h2-27H. The van der Waals surface area contributed by atoms with E-state index in [0.717, 1.165) is 110 Å². The van der Waals surface area contributed by atoms with E-state index in [1.165, 1.54) is 0 Å². The molecule has 0 aliphatic rings. The van der Waals surface area contributed by atoms with Crippen LogP contribution in [0, 0.1) is 17.9 Å². The Balaban J connectivity index is 1.28. The van der Waals surface area contributed by atoms with Crippen molar-refractivity contribution in [2.24, 2.45) is 0 Å². The zero-order valence-electron chi connectivity index (χ0n) is 29.6. The SMILES string of the molecule is [C-]#[N+]c1cccc(-c2cc(-n3c4ccccc4c4ccc5oc6ccccc6c5c43)c(C#N)cc2-n2c3ccccc3c3ccc4oc5ccccc5c4c32)c1. The summed E-state index contributed by atoms with van der Waals surface area (Å²) in [7, 11) is 0. The van der Waals surface area contributed by atoms with E-state index in [4.69, 9.17) is 15.4 Å². The normalized spacial score (nSPS) is 11.9. The number of rotatable bonds is 3. The average Bonchev–Trinajstić information content (AvgIpc) is 4.00. The van der Waals surface area contributed by atoms with E-state index in [1.54, 1.807) is 0 Å². The van der Waals surface area contributed by atoms with Crippen LogP contribution in [0.25, 0.3) is 115 Å². The van der Waals surface area contributed by atoms with Gasteiger partial charge in [-0.05, 0) is 72.3 Å². The minimum Gasteiger partial charge on any atom is -0.456 e. The number of para-hydroxylation sites is 4. The lowest BCUT2D eigenvalue weighted by Gasteiger charge is -2.19. The molecule has 0 amide bonds. The van der Waals surface area contributed by atoms with Crippen LogP contribution in [-0.4, -0.2) is 9.13 Å². The van der Waals surface area contributed by atoms with Crippen LogP contribution in [0.5, 0.6) is 0 Å². The van der Waals surface area contributed by atoms with Crippen LogP contribution in [-0.2, 0) is 0 Å². The third-order valence-electron chi connectivity index (χ3n) is 11.4. The number of fused-ring (bicyclic) bond motifs is 14. The van der Waals surface area contributed by atoms with Crippen LogP contribution in [0.4, 0.5) is 5.69 Å². The molecule has 0 fully saturated rings. The molecule has 6 nitrogen and oxygen atoms in total. The van der Waals surface area contributed by atoms with Crippen molar-refractivity contribution < 1.29 is 8.83 Å². The molecule has 4 aromatic heterocycles. The Hall–Kier alpha value is -8.06. The minimum atomic E-state index is 0.507. The van der Waals surface area contributed by atoms with Gasteiger partial charge in [-0.3, -0.25) is 0 Å². The molecule has 0 saturated carbocycles. The maximum absolute atomic E-state index is 11.2. The summed E-state index contributed by atoms with van der Waals surface area (Å²) in [4.78, 5) is 3.83. The van der Waals surface area contributed by atoms with E-state index in [2.05, 4.69) is 98.9 Å². The van der Waals surface area contributed by atoms with E-state index in [1.807, 2.05) is 78.9 Å². The maximum atomic E-state index is 11.2. The number of nitrogens with zero attached hydrogens (tertiary/aromatic N) is 4. The van der Waals surface area contributed by atoms with Crippen LogP contribution < -0.4 is 0 Å². The van der Waals surface area contributed by atoms with Crippen molar-refractivity contribution >= 4 is 93.2 Å². The predicted octanol–water partition coefficient (Wildman–Crippen LogP) is 13.8. The molecule has 8 aromatic carbocycles. The van der Waals surface area contributed by atoms with E-state index in [0.29, 0.717) is 11.3 Å². The maximum Gasteiger partial charge on any atom is 0.187 e. The lowest BCUT2D eigenvalue weighted by Crippen LogP contribution is -2.04. The second kappa shape index (κ2) is 11.2. The first kappa shape index (κ1) is 30.4. The fourth-order valence-corrected chi connectivity index (χ4v) is 9.04. The van der Waals surface area contributed by atoms with Crippen LogP contribution >= 0.6 is 0 Å². The molecule has 12 aromatic rings. The quantitative estimate of drug-likeness (QED) is 0.171. The Labute approximate surface area is 318 Å². The van der Waals surface area contributed by atoms with Crippen molar-refractivity contribution in [1.82, 2.24) is 9.13 Å². The van der Waals surface area contributed by atoms with Crippen molar-refractivity contribution in [1.29, 1.82) is 5.26 Å². The molecule has 0 atom stereocenters. The van der Waals surface area contributed by atoms with E-state index < -0.39 is 0 Å². The molecule has 6 heteroatoms. The van der Waals surface area contributed by atoms with Gasteiger partial charge in [0, 0.05) is 37.9 Å². The average molecular weight is 715 g/mol. The molecule has 0 aliphatic carbocycles. The third kappa shape index (κ3) is 4.02. The Morgan fingerprint density at radius 2 is 1.02 bits per heavy atom. The highest BCUT2D eigenvalue weighted by Crippen LogP contribution is 2.46. The second-order valence-corrected chi connectivity index (χ2v) is 14.2. The summed E-state index contributed by atoms with van der Waals surface area (Å²) in [6, 6.07) is 55.9. The van der Waals surface area contributed by atoms with Gasteiger partial charge in [-0.15, -0.1) is 0 Å². The van der Waals surface area contributed by atoms with Gasteiger partial charge in [0.25, 0.3) is 0 Å². The van der Waals surface area contributed by atoms with Gasteiger partial charge in [-0.2, -0.15) is 5.26 Å². The molecular formula is C50H26N4O2. The van der Waals surface area contributed by atoms with Gasteiger partial charge in [0.05, 0.1) is 56.3 Å². The van der Waals surface area contributed by atoms with Crippen LogP contribution in [0.2, 0.25) is 0 Å². The predicted molar refractivity (Wildman–Crippen MR) is 226 cm³/mol. The largest absolute Gasteiger partial charge is 0.456 e. The van der Waals surface area contributed by atoms with Crippen molar-refractivity contribution in [2.45, 2.75) is 0 Å². The molecule has 0 radical (unpaired) electrons. The van der Waals surface area contributed by atoms with Gasteiger partial charge >= 0.3 is 0 Å². The number of benzene rings is 8. The molecule has 12 rings (SSSR count). The molecule has 56 heavy (non-hydrogen) atoms. The number of aromatic nitrogens is 2. The smallest absolute Gasteiger partial charge is 0.187 e. The van der Waals surface area contributed by atoms with Crippen LogP contribution in [0.1, 0.15) is 5.56 Å². The number of furan rings is 2. The van der Waals surface area contributed by atoms with Gasteiger partial charge in [0.1, 0.15) is 28.4 Å². The number of hydrogen-bond acceptors (Lipinski definition) is 3. The van der Waals surface area contributed by atoms with Gasteiger partial charge in [0.2, 0.25) is 0 Å². The fraction of sp³-hybridized carbons (Fsp3) is 0. The third-order valence-corrected chi connectivity index (χ3v) is 11.4. The van der Waals surface area contributed by atoms with Gasteiger partial charge < -0.3 is 18.0 Å². The lowest BCUT2D eigenvalue weighted by atomic mass is 9.98. The molecule has 0 N–H and O–H groups in total. The molecule has 0 saturated heterocycles. The fourth-order valence-electron chi connectivity index (χ4n) is 9.04. The first-order valence-corrected chi connectivity index (χ1v) is 18.4. The molecular weight excluding hydrogens is 689 g/mol. The van der Waals surface area contributed by atoms with Crippen LogP contribution in [0.15, 0.2) is 167 Å². The van der Waals surface area contributed by atoms with Gasteiger partial charge in [0.15, 0.2) is 5.69 Å². The highest BCUT2D eigenvalue weighted by Gasteiger charge is 2.25. The highest BCUT2D eigenvalue weighted by molar-refractivity contribution is 6.26. The van der Waals surface area contributed by atoms with Crippen molar-refractivity contribution in [3.8, 4) is 28.6 Å².